The quantitative estimate of drug-likeness (QED) is 0.874. The number of benzene rings is 1. The lowest BCUT2D eigenvalue weighted by atomic mass is 10.3. The van der Waals surface area contributed by atoms with Crippen LogP contribution in [-0.2, 0) is 4.79 Å². The third-order valence-electron chi connectivity index (χ3n) is 1.72. The number of primary amides is 1. The number of hydrogen-bond donors (Lipinski definition) is 2. The smallest absolute Gasteiger partial charge is 0.323 e. The molecule has 0 atom stereocenters. The van der Waals surface area contributed by atoms with Crippen LogP contribution in [0.1, 0.15) is 0 Å². The van der Waals surface area contributed by atoms with Crippen molar-refractivity contribution in [2.45, 2.75) is 0 Å². The van der Waals surface area contributed by atoms with Gasteiger partial charge in [0.25, 0.3) is 0 Å². The van der Waals surface area contributed by atoms with E-state index in [1.807, 2.05) is 0 Å². The summed E-state index contributed by atoms with van der Waals surface area (Å²) < 4.78 is 0. The maximum absolute atomic E-state index is 11.1. The van der Waals surface area contributed by atoms with Gasteiger partial charge in [0.1, 0.15) is 6.54 Å². The van der Waals surface area contributed by atoms with Crippen LogP contribution in [0.15, 0.2) is 18.2 Å². The summed E-state index contributed by atoms with van der Waals surface area (Å²) in [5.41, 5.74) is 5.30. The number of aliphatic carboxylic acids is 1. The molecular formula is C9H8Cl2N2O3. The molecule has 1 aromatic carbocycles. The van der Waals surface area contributed by atoms with E-state index in [0.29, 0.717) is 10.0 Å². The fourth-order valence-corrected chi connectivity index (χ4v) is 1.64. The first-order valence-electron chi connectivity index (χ1n) is 4.15. The summed E-state index contributed by atoms with van der Waals surface area (Å²) in [4.78, 5) is 22.5. The van der Waals surface area contributed by atoms with E-state index in [1.54, 1.807) is 0 Å². The van der Waals surface area contributed by atoms with Crippen molar-refractivity contribution < 1.29 is 14.7 Å². The Morgan fingerprint density at radius 1 is 1.25 bits per heavy atom. The fraction of sp³-hybridized carbons (Fsp3) is 0.111. The topological polar surface area (TPSA) is 83.6 Å². The van der Waals surface area contributed by atoms with Gasteiger partial charge in [0.05, 0.1) is 0 Å². The minimum atomic E-state index is -1.19. The van der Waals surface area contributed by atoms with Crippen LogP contribution in [0.4, 0.5) is 10.5 Å². The Bertz CT molecular complexity index is 417. The van der Waals surface area contributed by atoms with Gasteiger partial charge in [-0.2, -0.15) is 0 Å². The van der Waals surface area contributed by atoms with Crippen LogP contribution in [0.25, 0.3) is 0 Å². The highest BCUT2D eigenvalue weighted by atomic mass is 35.5. The highest BCUT2D eigenvalue weighted by Crippen LogP contribution is 2.25. The van der Waals surface area contributed by atoms with E-state index in [9.17, 15) is 9.59 Å². The van der Waals surface area contributed by atoms with Crippen molar-refractivity contribution in [2.75, 3.05) is 11.4 Å². The maximum Gasteiger partial charge on any atom is 0.323 e. The van der Waals surface area contributed by atoms with Crippen molar-refractivity contribution in [3.63, 3.8) is 0 Å². The molecule has 86 valence electrons. The number of carbonyl (C=O) groups is 2. The van der Waals surface area contributed by atoms with Gasteiger partial charge >= 0.3 is 12.0 Å². The van der Waals surface area contributed by atoms with E-state index in [2.05, 4.69) is 0 Å². The maximum atomic E-state index is 11.1. The van der Waals surface area contributed by atoms with Gasteiger partial charge in [-0.05, 0) is 18.2 Å². The van der Waals surface area contributed by atoms with Crippen LogP contribution >= 0.6 is 23.2 Å². The van der Waals surface area contributed by atoms with Gasteiger partial charge in [-0.3, -0.25) is 9.69 Å². The van der Waals surface area contributed by atoms with Crippen molar-refractivity contribution in [1.82, 2.24) is 0 Å². The molecule has 0 bridgehead atoms. The molecule has 5 nitrogen and oxygen atoms in total. The lowest BCUT2D eigenvalue weighted by Gasteiger charge is -2.18. The number of carboxylic acid groups (broad SMARTS) is 1. The zero-order valence-corrected chi connectivity index (χ0v) is 9.50. The van der Waals surface area contributed by atoms with Crippen LogP contribution in [0, 0.1) is 0 Å². The lowest BCUT2D eigenvalue weighted by Crippen LogP contribution is -2.39. The monoisotopic (exact) mass is 262 g/mol. The van der Waals surface area contributed by atoms with E-state index in [0.717, 1.165) is 4.90 Å². The number of rotatable bonds is 3. The minimum absolute atomic E-state index is 0.243. The number of carbonyl (C=O) groups excluding carboxylic acids is 1. The summed E-state index contributed by atoms with van der Waals surface area (Å²) in [6.07, 6.45) is 0. The van der Waals surface area contributed by atoms with Crippen molar-refractivity contribution in [2.24, 2.45) is 5.73 Å². The molecule has 0 saturated carbocycles. The van der Waals surface area contributed by atoms with Crippen LogP contribution in [-0.4, -0.2) is 23.7 Å². The molecular weight excluding hydrogens is 255 g/mol. The van der Waals surface area contributed by atoms with Crippen LogP contribution in [0.2, 0.25) is 10.0 Å². The third-order valence-corrected chi connectivity index (χ3v) is 2.15. The van der Waals surface area contributed by atoms with Crippen LogP contribution < -0.4 is 10.6 Å². The highest BCUT2D eigenvalue weighted by Gasteiger charge is 2.16. The number of amides is 2. The highest BCUT2D eigenvalue weighted by molar-refractivity contribution is 6.35. The first kappa shape index (κ1) is 12.6. The number of carboxylic acids is 1. The van der Waals surface area contributed by atoms with Crippen LogP contribution in [0.5, 0.6) is 0 Å². The number of urea groups is 1. The molecule has 16 heavy (non-hydrogen) atoms. The molecule has 0 saturated heterocycles. The zero-order chi connectivity index (χ0) is 12.3. The molecule has 0 spiro atoms. The van der Waals surface area contributed by atoms with Gasteiger partial charge in [0.15, 0.2) is 0 Å². The SMILES string of the molecule is NC(=O)N(CC(=O)O)c1cc(Cl)cc(Cl)c1. The average molecular weight is 263 g/mol. The first-order valence-corrected chi connectivity index (χ1v) is 4.90. The number of anilines is 1. The molecule has 0 radical (unpaired) electrons. The molecule has 3 N–H and O–H groups in total. The van der Waals surface area contributed by atoms with Gasteiger partial charge in [0.2, 0.25) is 0 Å². The Kier molecular flexibility index (Phi) is 3.98. The molecule has 7 heteroatoms. The largest absolute Gasteiger partial charge is 0.480 e. The van der Waals surface area contributed by atoms with Crippen molar-refractivity contribution >= 4 is 40.9 Å². The number of nitrogens with two attached hydrogens (primary N) is 1. The number of halogens is 2. The summed E-state index contributed by atoms with van der Waals surface area (Å²) in [7, 11) is 0. The van der Waals surface area contributed by atoms with Crippen molar-refractivity contribution in [3.8, 4) is 0 Å². The first-order chi connectivity index (χ1) is 7.40. The normalized spacial score (nSPS) is 9.88. The van der Waals surface area contributed by atoms with Gasteiger partial charge < -0.3 is 10.8 Å². The number of nitrogens with zero attached hydrogens (tertiary/aromatic N) is 1. The van der Waals surface area contributed by atoms with E-state index >= 15 is 0 Å². The predicted octanol–water partition coefficient (Wildman–Crippen LogP) is 1.96. The molecule has 0 aliphatic rings. The molecule has 0 aliphatic heterocycles. The Morgan fingerprint density at radius 2 is 1.75 bits per heavy atom. The summed E-state index contributed by atoms with van der Waals surface area (Å²) in [6, 6.07) is 3.38. The summed E-state index contributed by atoms with van der Waals surface area (Å²) in [5, 5.41) is 9.20. The molecule has 1 aromatic rings. The summed E-state index contributed by atoms with van der Waals surface area (Å²) in [5.74, 6) is -1.19. The van der Waals surface area contributed by atoms with E-state index < -0.39 is 18.5 Å². The molecule has 0 heterocycles. The van der Waals surface area contributed by atoms with Gasteiger partial charge in [-0.1, -0.05) is 23.2 Å². The van der Waals surface area contributed by atoms with Gasteiger partial charge in [-0.15, -0.1) is 0 Å². The second-order valence-electron chi connectivity index (χ2n) is 2.95. The van der Waals surface area contributed by atoms with E-state index in [4.69, 9.17) is 34.0 Å². The molecule has 2 amide bonds. The van der Waals surface area contributed by atoms with Crippen LogP contribution in [0.3, 0.4) is 0 Å². The fourth-order valence-electron chi connectivity index (χ4n) is 1.13. The second-order valence-corrected chi connectivity index (χ2v) is 3.82. The van der Waals surface area contributed by atoms with Crippen molar-refractivity contribution in [3.05, 3.63) is 28.2 Å². The summed E-state index contributed by atoms with van der Waals surface area (Å²) in [6.45, 7) is -0.550. The molecule has 1 rings (SSSR count). The Hall–Kier alpha value is -1.46. The van der Waals surface area contributed by atoms with Crippen molar-refractivity contribution in [1.29, 1.82) is 0 Å². The Labute approximate surface area is 101 Å². The Morgan fingerprint density at radius 3 is 2.12 bits per heavy atom. The number of hydrogen-bond acceptors (Lipinski definition) is 2. The molecule has 0 unspecified atom stereocenters. The lowest BCUT2D eigenvalue weighted by molar-refractivity contribution is -0.135. The second kappa shape index (κ2) is 5.05. The van der Waals surface area contributed by atoms with Gasteiger partial charge in [0, 0.05) is 15.7 Å². The third kappa shape index (κ3) is 3.29. The molecule has 0 aliphatic carbocycles. The average Bonchev–Trinajstić information content (AvgIpc) is 2.11. The van der Waals surface area contributed by atoms with Gasteiger partial charge in [-0.25, -0.2) is 4.79 Å². The van der Waals surface area contributed by atoms with E-state index in [1.165, 1.54) is 18.2 Å². The minimum Gasteiger partial charge on any atom is -0.480 e. The molecule has 0 aromatic heterocycles. The predicted molar refractivity (Wildman–Crippen MR) is 61.0 cm³/mol. The summed E-state index contributed by atoms with van der Waals surface area (Å²) >= 11 is 11.4. The van der Waals surface area contributed by atoms with E-state index in [-0.39, 0.29) is 5.69 Å². The molecule has 0 fully saturated rings. The Balaban J connectivity index is 3.10. The zero-order valence-electron chi connectivity index (χ0n) is 7.98. The standard InChI is InChI=1S/C9H8Cl2N2O3/c10-5-1-6(11)3-7(2-5)13(9(12)16)4-8(14)15/h1-3H,4H2,(H2,12,16)(H,14,15).